The number of aromatic amines is 1. The van der Waals surface area contributed by atoms with E-state index in [1.807, 2.05) is 24.3 Å². The lowest BCUT2D eigenvalue weighted by Gasteiger charge is -2.02. The quantitative estimate of drug-likeness (QED) is 0.733. The Morgan fingerprint density at radius 3 is 2.56 bits per heavy atom. The first-order valence-corrected chi connectivity index (χ1v) is 5.70. The number of aromatic nitrogens is 4. The number of nitrogens with one attached hydrogen (secondary N) is 1. The van der Waals surface area contributed by atoms with Crippen LogP contribution in [-0.2, 0) is 0 Å². The van der Waals surface area contributed by atoms with E-state index in [2.05, 4.69) is 38.1 Å². The molecule has 0 aliphatic rings. The Labute approximate surface area is 96.0 Å². The highest BCUT2D eigenvalue weighted by molar-refractivity contribution is 7.13. The first-order valence-electron chi connectivity index (χ1n) is 4.82. The summed E-state index contributed by atoms with van der Waals surface area (Å²) in [6.45, 7) is 0. The van der Waals surface area contributed by atoms with Crippen molar-refractivity contribution in [2.24, 2.45) is 0 Å². The molecule has 3 rings (SSSR count). The minimum Gasteiger partial charge on any atom is -0.177 e. The van der Waals surface area contributed by atoms with Gasteiger partial charge in [0.15, 0.2) is 0 Å². The zero-order chi connectivity index (χ0) is 10.8. The largest absolute Gasteiger partial charge is 0.205 e. The normalized spacial score (nSPS) is 10.5. The molecule has 0 radical (unpaired) electrons. The van der Waals surface area contributed by atoms with Gasteiger partial charge in [0.05, 0.1) is 0 Å². The molecule has 0 aliphatic heterocycles. The maximum atomic E-state index is 4.01. The molecule has 16 heavy (non-hydrogen) atoms. The first kappa shape index (κ1) is 9.23. The van der Waals surface area contributed by atoms with Gasteiger partial charge in [-0.3, -0.25) is 0 Å². The molecule has 1 N–H and O–H groups in total. The Morgan fingerprint density at radius 1 is 1.00 bits per heavy atom. The summed E-state index contributed by atoms with van der Waals surface area (Å²) in [6.07, 6.45) is 0. The minimum atomic E-state index is 0.629. The minimum absolute atomic E-state index is 0.629. The van der Waals surface area contributed by atoms with E-state index in [0.29, 0.717) is 5.82 Å². The second kappa shape index (κ2) is 3.86. The molecule has 5 heteroatoms. The van der Waals surface area contributed by atoms with Gasteiger partial charge in [0, 0.05) is 16.0 Å². The van der Waals surface area contributed by atoms with Crippen molar-refractivity contribution in [2.75, 3.05) is 0 Å². The predicted octanol–water partition coefficient (Wildman–Crippen LogP) is 2.60. The topological polar surface area (TPSA) is 54.5 Å². The van der Waals surface area contributed by atoms with Gasteiger partial charge in [0.2, 0.25) is 5.82 Å². The summed E-state index contributed by atoms with van der Waals surface area (Å²) in [5.41, 5.74) is 2.14. The van der Waals surface area contributed by atoms with Crippen molar-refractivity contribution in [3.05, 3.63) is 41.8 Å². The van der Waals surface area contributed by atoms with Gasteiger partial charge in [-0.2, -0.15) is 5.21 Å². The lowest BCUT2D eigenvalue weighted by molar-refractivity contribution is 0.881. The second-order valence-electron chi connectivity index (χ2n) is 3.26. The summed E-state index contributed by atoms with van der Waals surface area (Å²) in [7, 11) is 0. The van der Waals surface area contributed by atoms with Crippen molar-refractivity contribution in [2.45, 2.75) is 0 Å². The van der Waals surface area contributed by atoms with Crippen LogP contribution in [0.4, 0.5) is 0 Å². The van der Waals surface area contributed by atoms with Crippen LogP contribution in [0.2, 0.25) is 0 Å². The average molecular weight is 228 g/mol. The van der Waals surface area contributed by atoms with Crippen LogP contribution < -0.4 is 0 Å². The summed E-state index contributed by atoms with van der Waals surface area (Å²) in [4.78, 5) is 1.21. The third-order valence-corrected chi connectivity index (χ3v) is 3.20. The van der Waals surface area contributed by atoms with E-state index < -0.39 is 0 Å². The molecule has 0 aliphatic carbocycles. The van der Waals surface area contributed by atoms with E-state index in [9.17, 15) is 0 Å². The number of H-pyrrole nitrogens is 1. The first-order chi connectivity index (χ1) is 7.95. The number of tetrazole rings is 1. The Balaban J connectivity index is 2.19. The van der Waals surface area contributed by atoms with Crippen molar-refractivity contribution in [1.82, 2.24) is 20.6 Å². The van der Waals surface area contributed by atoms with Gasteiger partial charge in [0.25, 0.3) is 0 Å². The summed E-state index contributed by atoms with van der Waals surface area (Å²) < 4.78 is 0. The highest BCUT2D eigenvalue weighted by Gasteiger charge is 2.10. The lowest BCUT2D eigenvalue weighted by atomic mass is 10.1. The Kier molecular flexibility index (Phi) is 2.23. The van der Waals surface area contributed by atoms with Gasteiger partial charge in [-0.1, -0.05) is 30.3 Å². The molecular weight excluding hydrogens is 220 g/mol. The highest BCUT2D eigenvalue weighted by atomic mass is 32.1. The molecule has 78 valence electrons. The lowest BCUT2D eigenvalue weighted by Crippen LogP contribution is -1.84. The van der Waals surface area contributed by atoms with Gasteiger partial charge in [-0.15, -0.1) is 21.5 Å². The molecular formula is C11H8N4S. The highest BCUT2D eigenvalue weighted by Crippen LogP contribution is 2.32. The van der Waals surface area contributed by atoms with Gasteiger partial charge >= 0.3 is 0 Å². The smallest absolute Gasteiger partial charge is 0.177 e. The molecule has 0 amide bonds. The number of hydrogen-bond donors (Lipinski definition) is 1. The van der Waals surface area contributed by atoms with E-state index in [-0.39, 0.29) is 0 Å². The molecule has 0 atom stereocenters. The van der Waals surface area contributed by atoms with Crippen LogP contribution in [0, 0.1) is 0 Å². The van der Waals surface area contributed by atoms with Crippen LogP contribution in [0.5, 0.6) is 0 Å². The van der Waals surface area contributed by atoms with Crippen LogP contribution in [0.3, 0.4) is 0 Å². The molecule has 0 spiro atoms. The van der Waals surface area contributed by atoms with Gasteiger partial charge < -0.3 is 0 Å². The van der Waals surface area contributed by atoms with E-state index in [1.54, 1.807) is 11.3 Å². The molecule has 0 unspecified atom stereocenters. The van der Waals surface area contributed by atoms with E-state index in [4.69, 9.17) is 0 Å². The zero-order valence-electron chi connectivity index (χ0n) is 8.29. The maximum absolute atomic E-state index is 4.01. The fourth-order valence-corrected chi connectivity index (χ4v) is 2.37. The van der Waals surface area contributed by atoms with Crippen molar-refractivity contribution in [3.63, 3.8) is 0 Å². The molecule has 3 aromatic rings. The Morgan fingerprint density at radius 2 is 1.88 bits per heavy atom. The number of nitrogens with zero attached hydrogens (tertiary/aromatic N) is 3. The fourth-order valence-electron chi connectivity index (χ4n) is 1.60. The van der Waals surface area contributed by atoms with Crippen molar-refractivity contribution in [1.29, 1.82) is 0 Å². The molecule has 0 bridgehead atoms. The van der Waals surface area contributed by atoms with E-state index >= 15 is 0 Å². The number of hydrogen-bond acceptors (Lipinski definition) is 4. The molecule has 0 saturated carbocycles. The number of benzene rings is 1. The summed E-state index contributed by atoms with van der Waals surface area (Å²) >= 11 is 1.70. The predicted molar refractivity (Wildman–Crippen MR) is 62.9 cm³/mol. The Hall–Kier alpha value is -2.01. The average Bonchev–Trinajstić information content (AvgIpc) is 3.03. The number of rotatable bonds is 2. The SMILES string of the molecule is c1csc(-c2ccccc2-c2nn[nH]n2)c1. The van der Waals surface area contributed by atoms with Crippen LogP contribution in [0.25, 0.3) is 21.8 Å². The zero-order valence-corrected chi connectivity index (χ0v) is 9.11. The van der Waals surface area contributed by atoms with Crippen LogP contribution in [0.15, 0.2) is 41.8 Å². The molecule has 4 nitrogen and oxygen atoms in total. The summed E-state index contributed by atoms with van der Waals surface area (Å²) in [5.74, 6) is 0.629. The third-order valence-electron chi connectivity index (χ3n) is 2.30. The van der Waals surface area contributed by atoms with E-state index in [1.165, 1.54) is 4.88 Å². The second-order valence-corrected chi connectivity index (χ2v) is 4.21. The van der Waals surface area contributed by atoms with Crippen molar-refractivity contribution >= 4 is 11.3 Å². The summed E-state index contributed by atoms with van der Waals surface area (Å²) in [6, 6.07) is 12.2. The molecule has 2 heterocycles. The fraction of sp³-hybridized carbons (Fsp3) is 0. The number of thiophene rings is 1. The van der Waals surface area contributed by atoms with Crippen molar-refractivity contribution in [3.8, 4) is 21.8 Å². The van der Waals surface area contributed by atoms with Crippen molar-refractivity contribution < 1.29 is 0 Å². The van der Waals surface area contributed by atoms with E-state index in [0.717, 1.165) is 11.1 Å². The van der Waals surface area contributed by atoms with Gasteiger partial charge in [-0.25, -0.2) is 0 Å². The van der Waals surface area contributed by atoms with Gasteiger partial charge in [0.1, 0.15) is 0 Å². The monoisotopic (exact) mass is 228 g/mol. The molecule has 0 saturated heterocycles. The van der Waals surface area contributed by atoms with Gasteiger partial charge in [-0.05, 0) is 16.7 Å². The van der Waals surface area contributed by atoms with Crippen LogP contribution in [-0.4, -0.2) is 20.6 Å². The molecule has 1 aromatic carbocycles. The summed E-state index contributed by atoms with van der Waals surface area (Å²) in [5, 5.41) is 16.1. The third kappa shape index (κ3) is 1.51. The molecule has 0 fully saturated rings. The maximum Gasteiger partial charge on any atom is 0.205 e. The van der Waals surface area contributed by atoms with Crippen LogP contribution >= 0.6 is 11.3 Å². The molecule has 2 aromatic heterocycles. The van der Waals surface area contributed by atoms with Crippen LogP contribution in [0.1, 0.15) is 0 Å². The Bertz CT molecular complexity index is 519. The standard InChI is InChI=1S/C11H8N4S/c1-2-5-9(11-12-14-15-13-11)8(4-1)10-6-3-7-16-10/h1-7H,(H,12,13,14,15).